The molecule has 0 bridgehead atoms. The molecule has 2 aromatic carbocycles. The third-order valence-corrected chi connectivity index (χ3v) is 9.47. The number of benzene rings is 2. The number of carbonyl (C=O) groups excluding carboxylic acids is 2. The zero-order valence-electron chi connectivity index (χ0n) is 24.8. The summed E-state index contributed by atoms with van der Waals surface area (Å²) in [7, 11) is 0. The highest BCUT2D eigenvalue weighted by atomic mass is 16.5. The van der Waals surface area contributed by atoms with Gasteiger partial charge in [0, 0.05) is 48.4 Å². The van der Waals surface area contributed by atoms with Crippen LogP contribution in [0.1, 0.15) is 98.0 Å². The number of nitrogens with zero attached hydrogens (tertiary/aromatic N) is 1. The molecule has 7 nitrogen and oxygen atoms in total. The molecule has 0 saturated carbocycles. The van der Waals surface area contributed by atoms with Crippen molar-refractivity contribution in [2.75, 3.05) is 32.7 Å². The first-order valence-corrected chi connectivity index (χ1v) is 16.3. The van der Waals surface area contributed by atoms with Crippen molar-refractivity contribution < 1.29 is 14.3 Å². The van der Waals surface area contributed by atoms with E-state index < -0.39 is 5.92 Å². The van der Waals surface area contributed by atoms with Crippen LogP contribution in [0.3, 0.4) is 0 Å². The van der Waals surface area contributed by atoms with Gasteiger partial charge in [-0.3, -0.25) is 14.5 Å². The highest BCUT2D eigenvalue weighted by molar-refractivity contribution is 5.96. The van der Waals surface area contributed by atoms with E-state index in [0.29, 0.717) is 17.1 Å². The molecule has 1 atom stereocenters. The van der Waals surface area contributed by atoms with Crippen molar-refractivity contribution in [2.45, 2.75) is 88.6 Å². The Bertz CT molecular complexity index is 1280. The lowest BCUT2D eigenvalue weighted by atomic mass is 9.85. The number of hydrogen-bond donors (Lipinski definition) is 3. The zero-order chi connectivity index (χ0) is 28.7. The third-order valence-electron chi connectivity index (χ3n) is 9.47. The standard InChI is InChI=1S/C35H46N4O3/c40-34(37-27-15-19-36-20-16-27)26-13-14-32-30(23-26)33(29-11-7-8-12-31(29)42-32)35(41)38-28-17-21-39(22-18-28)24-25-9-5-3-1-2-4-6-10-25/h7-9,11-14,23,27-28,33,36H,1-6,10,15-22,24H2,(H,37,40)(H,38,41)/b25-9+. The van der Waals surface area contributed by atoms with Gasteiger partial charge in [-0.25, -0.2) is 0 Å². The van der Waals surface area contributed by atoms with Crippen molar-refractivity contribution in [2.24, 2.45) is 0 Å². The Balaban J connectivity index is 1.12. The second-order valence-corrected chi connectivity index (χ2v) is 12.6. The summed E-state index contributed by atoms with van der Waals surface area (Å²) in [6.45, 7) is 4.91. The van der Waals surface area contributed by atoms with Gasteiger partial charge in [-0.1, -0.05) is 49.1 Å². The van der Waals surface area contributed by atoms with E-state index in [1.54, 1.807) is 11.6 Å². The summed E-state index contributed by atoms with van der Waals surface area (Å²) in [5, 5.41) is 9.92. The van der Waals surface area contributed by atoms with Crippen LogP contribution in [-0.2, 0) is 4.79 Å². The summed E-state index contributed by atoms with van der Waals surface area (Å²) in [5.41, 5.74) is 3.78. The molecule has 0 aromatic heterocycles. The maximum atomic E-state index is 14.0. The van der Waals surface area contributed by atoms with E-state index in [9.17, 15) is 9.59 Å². The van der Waals surface area contributed by atoms with E-state index >= 15 is 0 Å². The number of carbonyl (C=O) groups is 2. The molecule has 6 rings (SSSR count). The normalized spacial score (nSPS) is 23.5. The molecule has 3 heterocycles. The highest BCUT2D eigenvalue weighted by Crippen LogP contribution is 2.44. The number of allylic oxidation sites excluding steroid dienone is 1. The van der Waals surface area contributed by atoms with Crippen LogP contribution >= 0.6 is 0 Å². The second kappa shape index (κ2) is 13.9. The van der Waals surface area contributed by atoms with Crippen molar-refractivity contribution in [1.82, 2.24) is 20.9 Å². The summed E-state index contributed by atoms with van der Waals surface area (Å²) in [6.07, 6.45) is 15.4. The molecule has 1 unspecified atom stereocenters. The number of amides is 2. The number of rotatable bonds is 6. The van der Waals surface area contributed by atoms with Gasteiger partial charge in [-0.05, 0) is 88.7 Å². The summed E-state index contributed by atoms with van der Waals surface area (Å²) < 4.78 is 6.21. The van der Waals surface area contributed by atoms with Gasteiger partial charge in [0.25, 0.3) is 5.91 Å². The first-order chi connectivity index (χ1) is 20.6. The van der Waals surface area contributed by atoms with Crippen LogP contribution in [0.2, 0.25) is 0 Å². The number of fused-ring (bicyclic) bond motifs is 2. The van der Waals surface area contributed by atoms with Gasteiger partial charge >= 0.3 is 0 Å². The Morgan fingerprint density at radius 1 is 0.833 bits per heavy atom. The fraction of sp³-hybridized carbons (Fsp3) is 0.543. The van der Waals surface area contributed by atoms with Gasteiger partial charge in [0.15, 0.2) is 0 Å². The van der Waals surface area contributed by atoms with E-state index in [0.717, 1.165) is 69.5 Å². The van der Waals surface area contributed by atoms with Gasteiger partial charge in [0.05, 0.1) is 5.92 Å². The highest BCUT2D eigenvalue weighted by Gasteiger charge is 2.35. The molecule has 1 aliphatic carbocycles. The molecule has 2 amide bonds. The van der Waals surface area contributed by atoms with Gasteiger partial charge in [-0.2, -0.15) is 0 Å². The number of likely N-dealkylation sites (tertiary alicyclic amines) is 1. The minimum atomic E-state index is -0.515. The molecule has 4 aliphatic rings. The largest absolute Gasteiger partial charge is 0.457 e. The van der Waals surface area contributed by atoms with Crippen molar-refractivity contribution in [3.05, 3.63) is 70.8 Å². The smallest absolute Gasteiger partial charge is 0.251 e. The molecular formula is C35H46N4O3. The Morgan fingerprint density at radius 3 is 2.43 bits per heavy atom. The minimum absolute atomic E-state index is 0.0136. The lowest BCUT2D eigenvalue weighted by molar-refractivity contribution is -0.122. The fourth-order valence-corrected chi connectivity index (χ4v) is 7.01. The molecule has 2 saturated heterocycles. The van der Waals surface area contributed by atoms with Crippen molar-refractivity contribution in [3.8, 4) is 11.5 Å². The molecule has 42 heavy (non-hydrogen) atoms. The number of nitrogens with one attached hydrogen (secondary N) is 3. The molecule has 3 N–H and O–H groups in total. The number of para-hydroxylation sites is 1. The molecule has 3 aliphatic heterocycles. The molecule has 224 valence electrons. The predicted molar refractivity (Wildman–Crippen MR) is 166 cm³/mol. The number of ether oxygens (including phenoxy) is 1. The van der Waals surface area contributed by atoms with Crippen molar-refractivity contribution in [3.63, 3.8) is 0 Å². The van der Waals surface area contributed by atoms with Gasteiger partial charge < -0.3 is 20.7 Å². The monoisotopic (exact) mass is 570 g/mol. The van der Waals surface area contributed by atoms with Gasteiger partial charge in [0.2, 0.25) is 5.91 Å². The van der Waals surface area contributed by atoms with E-state index in [-0.39, 0.29) is 23.9 Å². The Kier molecular flexibility index (Phi) is 9.56. The summed E-state index contributed by atoms with van der Waals surface area (Å²) >= 11 is 0. The average molecular weight is 571 g/mol. The van der Waals surface area contributed by atoms with Crippen LogP contribution in [0.15, 0.2) is 54.1 Å². The second-order valence-electron chi connectivity index (χ2n) is 12.6. The van der Waals surface area contributed by atoms with E-state index in [1.807, 2.05) is 36.4 Å². The Labute approximate surface area is 250 Å². The lowest BCUT2D eigenvalue weighted by Crippen LogP contribution is -2.46. The fourth-order valence-electron chi connectivity index (χ4n) is 7.01. The summed E-state index contributed by atoms with van der Waals surface area (Å²) in [6, 6.07) is 13.6. The lowest BCUT2D eigenvalue weighted by Gasteiger charge is -2.34. The first kappa shape index (κ1) is 28.9. The van der Waals surface area contributed by atoms with Crippen LogP contribution in [0.5, 0.6) is 11.5 Å². The average Bonchev–Trinajstić information content (AvgIpc) is 3.15. The number of piperidine rings is 2. The molecule has 2 fully saturated rings. The third kappa shape index (κ3) is 7.07. The van der Waals surface area contributed by atoms with Crippen molar-refractivity contribution >= 4 is 11.8 Å². The van der Waals surface area contributed by atoms with Gasteiger partial charge in [0.1, 0.15) is 11.5 Å². The minimum Gasteiger partial charge on any atom is -0.457 e. The van der Waals surface area contributed by atoms with Gasteiger partial charge in [-0.15, -0.1) is 0 Å². The molecule has 0 spiro atoms. The zero-order valence-corrected chi connectivity index (χ0v) is 24.8. The topological polar surface area (TPSA) is 82.7 Å². The Morgan fingerprint density at radius 2 is 1.57 bits per heavy atom. The molecular weight excluding hydrogens is 524 g/mol. The molecule has 2 aromatic rings. The Hall–Kier alpha value is -3.16. The SMILES string of the molecule is O=C(NC1CCNCC1)c1ccc2c(c1)C(C(=O)NC1CCN(C/C3=C/CCCCCCC3)CC1)c1ccccc1O2. The molecule has 0 radical (unpaired) electrons. The molecule has 7 heteroatoms. The van der Waals surface area contributed by atoms with Crippen LogP contribution < -0.4 is 20.7 Å². The van der Waals surface area contributed by atoms with E-state index in [2.05, 4.69) is 26.9 Å². The van der Waals surface area contributed by atoms with Crippen LogP contribution in [0, 0.1) is 0 Å². The summed E-state index contributed by atoms with van der Waals surface area (Å²) in [5.74, 6) is 0.726. The van der Waals surface area contributed by atoms with E-state index in [4.69, 9.17) is 4.74 Å². The van der Waals surface area contributed by atoms with Crippen LogP contribution in [0.4, 0.5) is 0 Å². The van der Waals surface area contributed by atoms with E-state index in [1.165, 1.54) is 44.9 Å². The quantitative estimate of drug-likeness (QED) is 0.391. The van der Waals surface area contributed by atoms with Crippen molar-refractivity contribution in [1.29, 1.82) is 0 Å². The van der Waals surface area contributed by atoms with Crippen LogP contribution in [-0.4, -0.2) is 61.5 Å². The first-order valence-electron chi connectivity index (χ1n) is 16.3. The maximum Gasteiger partial charge on any atom is 0.251 e. The maximum absolute atomic E-state index is 14.0. The van der Waals surface area contributed by atoms with Crippen LogP contribution in [0.25, 0.3) is 0 Å². The predicted octanol–water partition coefficient (Wildman–Crippen LogP) is 5.66. The summed E-state index contributed by atoms with van der Waals surface area (Å²) in [4.78, 5) is 29.7. The number of hydrogen-bond acceptors (Lipinski definition) is 5.